The second-order valence-corrected chi connectivity index (χ2v) is 4.82. The Morgan fingerprint density at radius 3 is 3.21 bits per heavy atom. The lowest BCUT2D eigenvalue weighted by Crippen LogP contribution is -2.24. The van der Waals surface area contributed by atoms with Crippen molar-refractivity contribution in [3.63, 3.8) is 0 Å². The van der Waals surface area contributed by atoms with E-state index in [0.717, 1.165) is 24.4 Å². The van der Waals surface area contributed by atoms with E-state index in [1.54, 1.807) is 12.5 Å². The van der Waals surface area contributed by atoms with Crippen LogP contribution in [0.2, 0.25) is 0 Å². The Kier molecular flexibility index (Phi) is 2.24. The Morgan fingerprint density at radius 2 is 2.26 bits per heavy atom. The van der Waals surface area contributed by atoms with E-state index < -0.39 is 0 Å². The first-order valence-electron chi connectivity index (χ1n) is 6.38. The number of nitrogens with zero attached hydrogens (tertiary/aromatic N) is 4. The van der Waals surface area contributed by atoms with E-state index in [1.165, 1.54) is 11.1 Å². The molecular formula is C14H13N5. The molecule has 5 heteroatoms. The summed E-state index contributed by atoms with van der Waals surface area (Å²) in [5.41, 5.74) is 3.68. The summed E-state index contributed by atoms with van der Waals surface area (Å²) in [7, 11) is 0. The topological polar surface area (TPSA) is 55.1 Å². The molecule has 0 saturated carbocycles. The van der Waals surface area contributed by atoms with Crippen molar-refractivity contribution in [2.75, 3.05) is 11.9 Å². The predicted molar refractivity (Wildman–Crippen MR) is 72.2 cm³/mol. The fourth-order valence-electron chi connectivity index (χ4n) is 2.65. The van der Waals surface area contributed by atoms with Crippen LogP contribution in [0, 0.1) is 0 Å². The molecule has 1 aliphatic rings. The van der Waals surface area contributed by atoms with E-state index in [0.29, 0.717) is 5.92 Å². The van der Waals surface area contributed by atoms with E-state index in [9.17, 15) is 0 Å². The average molecular weight is 251 g/mol. The third kappa shape index (κ3) is 1.66. The molecule has 5 nitrogen and oxygen atoms in total. The summed E-state index contributed by atoms with van der Waals surface area (Å²) < 4.78 is 1.87. The molecule has 1 aliphatic carbocycles. The summed E-state index contributed by atoms with van der Waals surface area (Å²) in [4.78, 5) is 4.33. The van der Waals surface area contributed by atoms with Gasteiger partial charge in [-0.2, -0.15) is 0 Å². The van der Waals surface area contributed by atoms with Gasteiger partial charge in [0.25, 0.3) is 0 Å². The summed E-state index contributed by atoms with van der Waals surface area (Å²) in [6.45, 7) is 0.885. The van der Waals surface area contributed by atoms with Crippen LogP contribution in [0.3, 0.4) is 0 Å². The molecule has 0 spiro atoms. The third-order valence-corrected chi connectivity index (χ3v) is 3.69. The molecule has 0 radical (unpaired) electrons. The highest BCUT2D eigenvalue weighted by molar-refractivity contribution is 5.61. The van der Waals surface area contributed by atoms with Crippen molar-refractivity contribution >= 4 is 11.5 Å². The Balaban J connectivity index is 1.53. The first-order chi connectivity index (χ1) is 9.42. The third-order valence-electron chi connectivity index (χ3n) is 3.69. The number of hydrogen-bond donors (Lipinski definition) is 1. The van der Waals surface area contributed by atoms with Crippen LogP contribution in [-0.4, -0.2) is 26.1 Å². The van der Waals surface area contributed by atoms with Crippen molar-refractivity contribution in [3.8, 4) is 0 Å². The van der Waals surface area contributed by atoms with Crippen LogP contribution >= 0.6 is 0 Å². The Bertz CT molecular complexity index is 733. The molecule has 1 atom stereocenters. The summed E-state index contributed by atoms with van der Waals surface area (Å²) >= 11 is 0. The number of anilines is 1. The zero-order valence-electron chi connectivity index (χ0n) is 10.3. The van der Waals surface area contributed by atoms with Crippen molar-refractivity contribution in [1.29, 1.82) is 0 Å². The van der Waals surface area contributed by atoms with Gasteiger partial charge in [-0.15, -0.1) is 10.2 Å². The molecule has 0 amide bonds. The van der Waals surface area contributed by atoms with E-state index in [1.807, 2.05) is 10.6 Å². The molecule has 2 aromatic heterocycles. The van der Waals surface area contributed by atoms with Crippen LogP contribution in [0.4, 0.5) is 5.82 Å². The minimum Gasteiger partial charge on any atom is -0.366 e. The van der Waals surface area contributed by atoms with E-state index in [4.69, 9.17) is 0 Å². The lowest BCUT2D eigenvalue weighted by molar-refractivity contribution is 0.634. The SMILES string of the molecule is c1ccc2c(c1)CC2CNc1nccn2cnnc12. The predicted octanol–water partition coefficient (Wildman–Crippen LogP) is 1.88. The molecule has 4 rings (SSSR count). The zero-order valence-corrected chi connectivity index (χ0v) is 10.3. The monoisotopic (exact) mass is 251 g/mol. The van der Waals surface area contributed by atoms with Gasteiger partial charge in [-0.1, -0.05) is 24.3 Å². The number of benzene rings is 1. The van der Waals surface area contributed by atoms with Gasteiger partial charge in [0, 0.05) is 24.9 Å². The van der Waals surface area contributed by atoms with E-state index >= 15 is 0 Å². The smallest absolute Gasteiger partial charge is 0.203 e. The van der Waals surface area contributed by atoms with Gasteiger partial charge in [0.05, 0.1) is 0 Å². The summed E-state index contributed by atoms with van der Waals surface area (Å²) in [6.07, 6.45) is 6.42. The van der Waals surface area contributed by atoms with Gasteiger partial charge in [0.2, 0.25) is 5.65 Å². The number of fused-ring (bicyclic) bond motifs is 2. The minimum absolute atomic E-state index is 0.571. The highest BCUT2D eigenvalue weighted by Crippen LogP contribution is 2.34. The fourth-order valence-corrected chi connectivity index (χ4v) is 2.65. The Labute approximate surface area is 110 Å². The van der Waals surface area contributed by atoms with Crippen LogP contribution in [-0.2, 0) is 6.42 Å². The van der Waals surface area contributed by atoms with Crippen LogP contribution in [0.25, 0.3) is 5.65 Å². The molecule has 0 saturated heterocycles. The molecule has 2 heterocycles. The molecule has 0 aliphatic heterocycles. The quantitative estimate of drug-likeness (QED) is 0.772. The largest absolute Gasteiger partial charge is 0.366 e. The molecule has 0 bridgehead atoms. The molecule has 1 N–H and O–H groups in total. The standard InChI is InChI=1S/C14H13N5/c1-2-4-12-10(3-1)7-11(12)8-16-13-14-18-17-9-19(14)6-5-15-13/h1-6,9,11H,7-8H2,(H,15,16). The van der Waals surface area contributed by atoms with Crippen molar-refractivity contribution in [2.45, 2.75) is 12.3 Å². The van der Waals surface area contributed by atoms with Crippen molar-refractivity contribution in [2.24, 2.45) is 0 Å². The number of rotatable bonds is 3. The van der Waals surface area contributed by atoms with E-state index in [-0.39, 0.29) is 0 Å². The van der Waals surface area contributed by atoms with Crippen LogP contribution in [0.5, 0.6) is 0 Å². The Hall–Kier alpha value is -2.43. The number of aromatic nitrogens is 4. The lowest BCUT2D eigenvalue weighted by Gasteiger charge is -2.30. The normalized spacial score (nSPS) is 16.9. The van der Waals surface area contributed by atoms with Crippen molar-refractivity contribution in [1.82, 2.24) is 19.6 Å². The van der Waals surface area contributed by atoms with Gasteiger partial charge in [0.15, 0.2) is 5.82 Å². The maximum atomic E-state index is 4.33. The lowest BCUT2D eigenvalue weighted by atomic mass is 9.78. The van der Waals surface area contributed by atoms with Crippen LogP contribution < -0.4 is 5.32 Å². The van der Waals surface area contributed by atoms with E-state index in [2.05, 4.69) is 44.8 Å². The fraction of sp³-hybridized carbons (Fsp3) is 0.214. The molecule has 19 heavy (non-hydrogen) atoms. The first-order valence-corrected chi connectivity index (χ1v) is 6.38. The first kappa shape index (κ1) is 10.5. The van der Waals surface area contributed by atoms with Crippen LogP contribution in [0.15, 0.2) is 43.0 Å². The second kappa shape index (κ2) is 4.05. The summed E-state index contributed by atoms with van der Waals surface area (Å²) in [5, 5.41) is 11.3. The molecule has 1 unspecified atom stereocenters. The van der Waals surface area contributed by atoms with Crippen LogP contribution in [0.1, 0.15) is 17.0 Å². The zero-order chi connectivity index (χ0) is 12.7. The highest BCUT2D eigenvalue weighted by atomic mass is 15.2. The maximum Gasteiger partial charge on any atom is 0.203 e. The van der Waals surface area contributed by atoms with Gasteiger partial charge < -0.3 is 5.32 Å². The van der Waals surface area contributed by atoms with Crippen molar-refractivity contribution in [3.05, 3.63) is 54.1 Å². The van der Waals surface area contributed by atoms with Crippen molar-refractivity contribution < 1.29 is 0 Å². The second-order valence-electron chi connectivity index (χ2n) is 4.82. The number of hydrogen-bond acceptors (Lipinski definition) is 4. The molecule has 3 aromatic rings. The summed E-state index contributed by atoms with van der Waals surface area (Å²) in [5.74, 6) is 1.37. The molecular weight excluding hydrogens is 238 g/mol. The minimum atomic E-state index is 0.571. The average Bonchev–Trinajstić information content (AvgIpc) is 2.89. The van der Waals surface area contributed by atoms with Gasteiger partial charge in [-0.05, 0) is 17.5 Å². The highest BCUT2D eigenvalue weighted by Gasteiger charge is 2.25. The summed E-state index contributed by atoms with van der Waals surface area (Å²) in [6, 6.07) is 8.60. The van der Waals surface area contributed by atoms with Gasteiger partial charge >= 0.3 is 0 Å². The van der Waals surface area contributed by atoms with Gasteiger partial charge in [0.1, 0.15) is 6.33 Å². The molecule has 1 aromatic carbocycles. The van der Waals surface area contributed by atoms with Gasteiger partial charge in [-0.3, -0.25) is 4.40 Å². The molecule has 0 fully saturated rings. The maximum absolute atomic E-state index is 4.33. The molecule has 94 valence electrons. The van der Waals surface area contributed by atoms with Gasteiger partial charge in [-0.25, -0.2) is 4.98 Å². The number of nitrogens with one attached hydrogen (secondary N) is 1. The Morgan fingerprint density at radius 1 is 1.32 bits per heavy atom.